The normalized spacial score (nSPS) is 12.0. The van der Waals surface area contributed by atoms with Crippen LogP contribution in [0.4, 0.5) is 0 Å². The molecule has 1 aromatic heterocycles. The number of hydrogen-bond donors (Lipinski definition) is 0. The van der Waals surface area contributed by atoms with Gasteiger partial charge < -0.3 is 0 Å². The number of hydrogen-bond acceptors (Lipinski definition) is 5. The minimum atomic E-state index is -3.14. The predicted molar refractivity (Wildman–Crippen MR) is 107 cm³/mol. The van der Waals surface area contributed by atoms with Crippen molar-refractivity contribution >= 4 is 37.2 Å². The molecule has 0 fully saturated rings. The van der Waals surface area contributed by atoms with Crippen LogP contribution in [-0.4, -0.2) is 24.4 Å². The number of nitrogens with zero attached hydrogens (tertiary/aromatic N) is 1. The summed E-state index contributed by atoms with van der Waals surface area (Å²) in [5.74, 6) is 0.0237. The lowest BCUT2D eigenvalue weighted by atomic mass is 9.98. The molecule has 3 rings (SSSR count). The van der Waals surface area contributed by atoms with Gasteiger partial charge in [0.15, 0.2) is 15.6 Å². The predicted octanol–water partition coefficient (Wildman–Crippen LogP) is 4.35. The van der Waals surface area contributed by atoms with E-state index in [0.717, 1.165) is 21.3 Å². The number of benzene rings is 2. The van der Waals surface area contributed by atoms with E-state index in [1.807, 2.05) is 24.6 Å². The zero-order valence-corrected chi connectivity index (χ0v) is 16.7. The number of sulfone groups is 1. The van der Waals surface area contributed by atoms with Crippen LogP contribution in [0.15, 0.2) is 41.9 Å². The second-order valence-electron chi connectivity index (χ2n) is 6.70. The van der Waals surface area contributed by atoms with Gasteiger partial charge in [0, 0.05) is 12.0 Å². The van der Waals surface area contributed by atoms with E-state index in [9.17, 15) is 13.2 Å². The van der Waals surface area contributed by atoms with E-state index in [-0.39, 0.29) is 11.5 Å². The Labute approximate surface area is 157 Å². The van der Waals surface area contributed by atoms with E-state index in [1.54, 1.807) is 49.4 Å². The fraction of sp³-hybridized carbons (Fsp3) is 0.300. The molecule has 0 unspecified atom stereocenters. The van der Waals surface area contributed by atoms with Crippen LogP contribution in [0.3, 0.4) is 0 Å². The molecule has 3 aromatic rings. The average molecular weight is 388 g/mol. The van der Waals surface area contributed by atoms with Crippen molar-refractivity contribution in [2.75, 3.05) is 0 Å². The maximum Gasteiger partial charge on any atom is 0.167 e. The molecule has 136 valence electrons. The third-order valence-electron chi connectivity index (χ3n) is 4.57. The Morgan fingerprint density at radius 2 is 1.81 bits per heavy atom. The fourth-order valence-electron chi connectivity index (χ4n) is 2.76. The van der Waals surface area contributed by atoms with E-state index in [2.05, 4.69) is 4.98 Å². The van der Waals surface area contributed by atoms with Crippen LogP contribution in [0.5, 0.6) is 0 Å². The van der Waals surface area contributed by atoms with Crippen LogP contribution in [0.25, 0.3) is 10.2 Å². The summed E-state index contributed by atoms with van der Waals surface area (Å²) in [5.41, 5.74) is 6.17. The highest BCUT2D eigenvalue weighted by Gasteiger charge is 2.17. The number of aryl methyl sites for hydroxylation is 1. The van der Waals surface area contributed by atoms with E-state index in [1.165, 1.54) is 0 Å². The summed E-state index contributed by atoms with van der Waals surface area (Å²) in [7, 11) is -3.14. The average Bonchev–Trinajstić information content (AvgIpc) is 3.07. The molecule has 0 spiro atoms. The smallest absolute Gasteiger partial charge is 0.167 e. The molecule has 26 heavy (non-hydrogen) atoms. The highest BCUT2D eigenvalue weighted by atomic mass is 32.2. The molecule has 0 atom stereocenters. The van der Waals surface area contributed by atoms with Crippen LogP contribution in [0, 0.1) is 6.92 Å². The second kappa shape index (κ2) is 7.29. The van der Waals surface area contributed by atoms with Gasteiger partial charge in [0.25, 0.3) is 0 Å². The SMILES string of the molecule is Cc1c(CC(=O)c2ccc(CS(=O)(=O)C(C)C)cc2)ccc2ncsc12. The molecular formula is C20H21NO3S2. The van der Waals surface area contributed by atoms with Gasteiger partial charge in [-0.05, 0) is 43.5 Å². The van der Waals surface area contributed by atoms with Crippen molar-refractivity contribution in [1.29, 1.82) is 0 Å². The van der Waals surface area contributed by atoms with Crippen molar-refractivity contribution in [2.24, 2.45) is 0 Å². The lowest BCUT2D eigenvalue weighted by molar-refractivity contribution is 0.0993. The molecule has 4 nitrogen and oxygen atoms in total. The Morgan fingerprint density at radius 3 is 2.46 bits per heavy atom. The molecule has 0 radical (unpaired) electrons. The number of Topliss-reactive ketones (excluding diaryl/α,β-unsaturated/α-hetero) is 1. The minimum Gasteiger partial charge on any atom is -0.294 e. The molecule has 0 aliphatic heterocycles. The van der Waals surface area contributed by atoms with Gasteiger partial charge in [0.05, 0.1) is 26.7 Å². The molecule has 0 saturated carbocycles. The highest BCUT2D eigenvalue weighted by Crippen LogP contribution is 2.25. The topological polar surface area (TPSA) is 64.1 Å². The van der Waals surface area contributed by atoms with Gasteiger partial charge in [-0.3, -0.25) is 4.79 Å². The fourth-order valence-corrected chi connectivity index (χ4v) is 4.57. The summed E-state index contributed by atoms with van der Waals surface area (Å²) < 4.78 is 25.1. The number of thiazole rings is 1. The van der Waals surface area contributed by atoms with Crippen molar-refractivity contribution in [2.45, 2.75) is 38.2 Å². The molecule has 2 aromatic carbocycles. The van der Waals surface area contributed by atoms with Crippen molar-refractivity contribution in [3.63, 3.8) is 0 Å². The third kappa shape index (κ3) is 3.86. The first-order chi connectivity index (χ1) is 12.3. The maximum atomic E-state index is 12.6. The summed E-state index contributed by atoms with van der Waals surface area (Å²) in [6.07, 6.45) is 0.323. The lowest BCUT2D eigenvalue weighted by Gasteiger charge is -2.09. The van der Waals surface area contributed by atoms with Crippen molar-refractivity contribution < 1.29 is 13.2 Å². The Morgan fingerprint density at radius 1 is 1.12 bits per heavy atom. The van der Waals surface area contributed by atoms with Gasteiger partial charge in [0.1, 0.15) is 0 Å². The van der Waals surface area contributed by atoms with Crippen LogP contribution in [0.1, 0.15) is 40.9 Å². The number of ketones is 1. The van der Waals surface area contributed by atoms with Crippen molar-refractivity contribution in [3.05, 3.63) is 64.2 Å². The quantitative estimate of drug-likeness (QED) is 0.590. The zero-order chi connectivity index (χ0) is 18.9. The summed E-state index contributed by atoms with van der Waals surface area (Å²) >= 11 is 1.58. The minimum absolute atomic E-state index is 0.000288. The molecule has 0 N–H and O–H groups in total. The number of carbonyl (C=O) groups excluding carboxylic acids is 1. The van der Waals surface area contributed by atoms with Gasteiger partial charge in [0.2, 0.25) is 0 Å². The summed E-state index contributed by atoms with van der Waals surface area (Å²) in [5, 5.41) is -0.409. The molecule has 0 saturated heterocycles. The molecule has 0 aliphatic carbocycles. The largest absolute Gasteiger partial charge is 0.294 e. The summed E-state index contributed by atoms with van der Waals surface area (Å²) in [4.78, 5) is 16.9. The van der Waals surface area contributed by atoms with Crippen LogP contribution in [0.2, 0.25) is 0 Å². The molecule has 6 heteroatoms. The molecule has 1 heterocycles. The first-order valence-electron chi connectivity index (χ1n) is 8.43. The van der Waals surface area contributed by atoms with E-state index in [0.29, 0.717) is 17.5 Å². The van der Waals surface area contributed by atoms with E-state index < -0.39 is 15.1 Å². The van der Waals surface area contributed by atoms with Crippen LogP contribution >= 0.6 is 11.3 Å². The monoisotopic (exact) mass is 387 g/mol. The van der Waals surface area contributed by atoms with Crippen LogP contribution < -0.4 is 0 Å². The van der Waals surface area contributed by atoms with E-state index >= 15 is 0 Å². The molecule has 0 aliphatic rings. The summed E-state index contributed by atoms with van der Waals surface area (Å²) in [6, 6.07) is 10.8. The lowest BCUT2D eigenvalue weighted by Crippen LogP contribution is -2.16. The van der Waals surface area contributed by atoms with E-state index in [4.69, 9.17) is 0 Å². The first-order valence-corrected chi connectivity index (χ1v) is 11.0. The maximum absolute atomic E-state index is 12.6. The Bertz CT molecular complexity index is 1050. The second-order valence-corrected chi connectivity index (χ2v) is 10.1. The number of aromatic nitrogens is 1. The van der Waals surface area contributed by atoms with Gasteiger partial charge in [-0.1, -0.05) is 30.3 Å². The van der Waals surface area contributed by atoms with Crippen molar-refractivity contribution in [1.82, 2.24) is 4.98 Å². The third-order valence-corrected chi connectivity index (χ3v) is 7.71. The Hall–Kier alpha value is -2.05. The number of rotatable bonds is 6. The van der Waals surface area contributed by atoms with Gasteiger partial charge >= 0.3 is 0 Å². The van der Waals surface area contributed by atoms with Gasteiger partial charge in [-0.25, -0.2) is 13.4 Å². The standard InChI is InChI=1S/C20H21NO3S2/c1-13(2)26(23,24)11-15-4-6-16(7-5-15)19(22)10-17-8-9-18-20(14(17)3)25-12-21-18/h4-9,12-13H,10-11H2,1-3H3. The highest BCUT2D eigenvalue weighted by molar-refractivity contribution is 7.91. The zero-order valence-electron chi connectivity index (χ0n) is 15.0. The molecule has 0 amide bonds. The Kier molecular flexibility index (Phi) is 5.25. The molecule has 0 bridgehead atoms. The molecular weight excluding hydrogens is 366 g/mol. The van der Waals surface area contributed by atoms with Crippen LogP contribution in [-0.2, 0) is 22.0 Å². The van der Waals surface area contributed by atoms with Gasteiger partial charge in [-0.15, -0.1) is 11.3 Å². The first kappa shape index (κ1) is 18.7. The van der Waals surface area contributed by atoms with Gasteiger partial charge in [-0.2, -0.15) is 0 Å². The Balaban J connectivity index is 1.76. The van der Waals surface area contributed by atoms with Crippen molar-refractivity contribution in [3.8, 4) is 0 Å². The number of carbonyl (C=O) groups is 1. The summed E-state index contributed by atoms with van der Waals surface area (Å²) in [6.45, 7) is 5.37. The number of fused-ring (bicyclic) bond motifs is 1.